The lowest BCUT2D eigenvalue weighted by Gasteiger charge is -2.32. The highest BCUT2D eigenvalue weighted by molar-refractivity contribution is 7.89. The Morgan fingerprint density at radius 1 is 1.02 bits per heavy atom. The lowest BCUT2D eigenvalue weighted by molar-refractivity contribution is -0.338. The van der Waals surface area contributed by atoms with Gasteiger partial charge in [-0.25, -0.2) is 8.42 Å². The van der Waals surface area contributed by atoms with Crippen molar-refractivity contribution in [3.8, 4) is 0 Å². The van der Waals surface area contributed by atoms with Crippen LogP contribution in [0.25, 0.3) is 5.57 Å². The number of halogens is 7. The van der Waals surface area contributed by atoms with E-state index in [1.54, 1.807) is 36.4 Å². The van der Waals surface area contributed by atoms with E-state index >= 15 is 0 Å². The van der Waals surface area contributed by atoms with E-state index in [1.165, 1.54) is 22.5 Å². The Bertz CT molecular complexity index is 1430. The van der Waals surface area contributed by atoms with Gasteiger partial charge in [-0.3, -0.25) is 5.01 Å². The summed E-state index contributed by atoms with van der Waals surface area (Å²) in [4.78, 5) is 0. The van der Waals surface area contributed by atoms with Crippen LogP contribution in [0.15, 0.2) is 59.7 Å². The van der Waals surface area contributed by atoms with Crippen LogP contribution in [0.1, 0.15) is 43.9 Å². The standard InChI is InChI=1S/C27H28ClF6N3O3S/c1-17(2)16-41(39,40)36-13-11-19(12-14-36)18-7-9-20(10-8-18)23-15-24(25(38,26(29,30)31)27(32,33)34)35-37(23)22-6-4-3-5-21(22)28/h3-11,17,23,38H,12-16H2,1-2H3. The highest BCUT2D eigenvalue weighted by Crippen LogP contribution is 2.49. The molecule has 2 aromatic rings. The highest BCUT2D eigenvalue weighted by Gasteiger charge is 2.74. The molecule has 4 rings (SSSR count). The molecular weight excluding hydrogens is 596 g/mol. The second kappa shape index (κ2) is 11.2. The van der Waals surface area contributed by atoms with Crippen LogP contribution in [-0.2, 0) is 10.0 Å². The first-order valence-corrected chi connectivity index (χ1v) is 14.7. The van der Waals surface area contributed by atoms with Gasteiger partial charge in [0.2, 0.25) is 10.0 Å². The summed E-state index contributed by atoms with van der Waals surface area (Å²) in [5.41, 5.74) is -4.63. The zero-order valence-electron chi connectivity index (χ0n) is 22.0. The van der Waals surface area contributed by atoms with E-state index in [0.717, 1.165) is 16.1 Å². The second-order valence-electron chi connectivity index (χ2n) is 10.4. The van der Waals surface area contributed by atoms with Gasteiger partial charge in [0.15, 0.2) is 0 Å². The van der Waals surface area contributed by atoms with E-state index in [4.69, 9.17) is 11.6 Å². The average Bonchev–Trinajstić information content (AvgIpc) is 3.32. The highest BCUT2D eigenvalue weighted by atomic mass is 35.5. The van der Waals surface area contributed by atoms with Crippen LogP contribution in [0, 0.1) is 5.92 Å². The van der Waals surface area contributed by atoms with Gasteiger partial charge in [-0.05, 0) is 41.2 Å². The van der Waals surface area contributed by atoms with Crippen LogP contribution >= 0.6 is 11.6 Å². The Balaban J connectivity index is 1.65. The molecule has 0 saturated heterocycles. The summed E-state index contributed by atoms with van der Waals surface area (Å²) in [7, 11) is -3.40. The van der Waals surface area contributed by atoms with Crippen molar-refractivity contribution in [2.75, 3.05) is 23.9 Å². The first-order valence-electron chi connectivity index (χ1n) is 12.7. The fourth-order valence-electron chi connectivity index (χ4n) is 4.95. The molecule has 1 N–H and O–H groups in total. The molecule has 0 radical (unpaired) electrons. The number of rotatable bonds is 7. The minimum atomic E-state index is -6.07. The largest absolute Gasteiger partial charge is 0.431 e. The molecular formula is C27H28ClF6N3O3S. The molecule has 41 heavy (non-hydrogen) atoms. The molecule has 0 fully saturated rings. The molecule has 0 spiro atoms. The Hall–Kier alpha value is -2.61. The molecule has 14 heteroatoms. The molecule has 2 aromatic carbocycles. The molecule has 224 valence electrons. The first-order chi connectivity index (χ1) is 19.0. The minimum Gasteiger partial charge on any atom is -0.369 e. The molecule has 1 atom stereocenters. The molecule has 0 aliphatic carbocycles. The summed E-state index contributed by atoms with van der Waals surface area (Å²) in [5.74, 6) is 0.0161. The maximum Gasteiger partial charge on any atom is 0.431 e. The van der Waals surface area contributed by atoms with Gasteiger partial charge in [0, 0.05) is 19.5 Å². The van der Waals surface area contributed by atoms with Crippen LogP contribution in [0.2, 0.25) is 5.02 Å². The summed E-state index contributed by atoms with van der Waals surface area (Å²) in [6, 6.07) is 11.2. The van der Waals surface area contributed by atoms with Gasteiger partial charge >= 0.3 is 12.4 Å². The number of hydrazone groups is 1. The lowest BCUT2D eigenvalue weighted by Crippen LogP contribution is -2.62. The molecule has 2 heterocycles. The number of aliphatic hydroxyl groups is 1. The quantitative estimate of drug-likeness (QED) is 0.354. The third-order valence-corrected chi connectivity index (χ3v) is 9.55. The third kappa shape index (κ3) is 6.13. The number of nitrogens with zero attached hydrogens (tertiary/aromatic N) is 3. The van der Waals surface area contributed by atoms with Crippen LogP contribution in [0.5, 0.6) is 0 Å². The SMILES string of the molecule is CC(C)CS(=O)(=O)N1CC=C(c2ccc(C3CC(C(O)(C(F)(F)F)C(F)(F)F)=NN3c3ccccc3Cl)cc2)CC1. The molecule has 2 aliphatic rings. The fourth-order valence-corrected chi connectivity index (χ4v) is 6.89. The second-order valence-corrected chi connectivity index (χ2v) is 12.8. The maximum absolute atomic E-state index is 13.7. The van der Waals surface area contributed by atoms with Crippen LogP contribution in [0.3, 0.4) is 0 Å². The number of para-hydroxylation sites is 1. The Labute approximate surface area is 238 Å². The predicted molar refractivity (Wildman–Crippen MR) is 145 cm³/mol. The molecule has 0 bridgehead atoms. The predicted octanol–water partition coefficient (Wildman–Crippen LogP) is 6.58. The monoisotopic (exact) mass is 623 g/mol. The van der Waals surface area contributed by atoms with Gasteiger partial charge in [0.25, 0.3) is 5.60 Å². The number of benzene rings is 2. The minimum absolute atomic E-state index is 0.0217. The Morgan fingerprint density at radius 2 is 1.63 bits per heavy atom. The summed E-state index contributed by atoms with van der Waals surface area (Å²) in [6.45, 7) is 4.13. The van der Waals surface area contributed by atoms with E-state index in [0.29, 0.717) is 12.0 Å². The van der Waals surface area contributed by atoms with Gasteiger partial charge in [0.05, 0.1) is 28.2 Å². The zero-order chi connectivity index (χ0) is 30.4. The topological polar surface area (TPSA) is 73.2 Å². The average molecular weight is 624 g/mol. The number of hydrogen-bond donors (Lipinski definition) is 1. The molecule has 6 nitrogen and oxygen atoms in total. The van der Waals surface area contributed by atoms with Crippen LogP contribution in [0.4, 0.5) is 32.0 Å². The third-order valence-electron chi connectivity index (χ3n) is 7.02. The van der Waals surface area contributed by atoms with Crippen LogP contribution < -0.4 is 5.01 Å². The van der Waals surface area contributed by atoms with Crippen LogP contribution in [-0.4, -0.2) is 60.3 Å². The van der Waals surface area contributed by atoms with E-state index < -0.39 is 46.2 Å². The van der Waals surface area contributed by atoms with E-state index in [2.05, 4.69) is 5.10 Å². The van der Waals surface area contributed by atoms with Gasteiger partial charge in [0.1, 0.15) is 0 Å². The van der Waals surface area contributed by atoms with Crippen molar-refractivity contribution in [3.63, 3.8) is 0 Å². The van der Waals surface area contributed by atoms with Crippen molar-refractivity contribution in [1.82, 2.24) is 4.31 Å². The number of hydrogen-bond acceptors (Lipinski definition) is 5. The Morgan fingerprint density at radius 3 is 2.15 bits per heavy atom. The summed E-state index contributed by atoms with van der Waals surface area (Å²) in [6.07, 6.45) is -10.8. The maximum atomic E-state index is 13.7. The van der Waals surface area contributed by atoms with Crippen molar-refractivity contribution < 1.29 is 39.9 Å². The number of alkyl halides is 6. The lowest BCUT2D eigenvalue weighted by atomic mass is 9.89. The number of sulfonamides is 1. The summed E-state index contributed by atoms with van der Waals surface area (Å²) >= 11 is 6.23. The summed E-state index contributed by atoms with van der Waals surface area (Å²) in [5, 5.41) is 14.7. The normalized spacial score (nSPS) is 19.5. The fraction of sp³-hybridized carbons (Fsp3) is 0.444. The van der Waals surface area contributed by atoms with Gasteiger partial charge < -0.3 is 5.11 Å². The van der Waals surface area contributed by atoms with Crippen molar-refractivity contribution in [1.29, 1.82) is 0 Å². The summed E-state index contributed by atoms with van der Waals surface area (Å²) < 4.78 is 109. The number of anilines is 1. The van der Waals surface area contributed by atoms with Gasteiger partial charge in [-0.2, -0.15) is 35.7 Å². The van der Waals surface area contributed by atoms with Crippen molar-refractivity contribution in [3.05, 3.63) is 70.8 Å². The molecule has 1 unspecified atom stereocenters. The molecule has 0 saturated carbocycles. The van der Waals surface area contributed by atoms with Crippen molar-refractivity contribution in [2.24, 2.45) is 11.0 Å². The van der Waals surface area contributed by atoms with Crippen molar-refractivity contribution >= 4 is 38.6 Å². The van der Waals surface area contributed by atoms with Gasteiger partial charge in [-0.15, -0.1) is 0 Å². The van der Waals surface area contributed by atoms with Gasteiger partial charge in [-0.1, -0.05) is 67.9 Å². The molecule has 0 amide bonds. The smallest absolute Gasteiger partial charge is 0.369 e. The molecule has 0 aromatic heterocycles. The Kier molecular flexibility index (Phi) is 8.58. The zero-order valence-corrected chi connectivity index (χ0v) is 23.6. The van der Waals surface area contributed by atoms with E-state index in [9.17, 15) is 39.9 Å². The van der Waals surface area contributed by atoms with E-state index in [-0.39, 0.29) is 35.5 Å². The van der Waals surface area contributed by atoms with E-state index in [1.807, 2.05) is 13.8 Å². The molecule has 2 aliphatic heterocycles. The van der Waals surface area contributed by atoms with Crippen molar-refractivity contribution in [2.45, 2.75) is 50.7 Å². The first kappa shape index (κ1) is 31.3.